The molecule has 0 aliphatic carbocycles. The highest BCUT2D eigenvalue weighted by atomic mass is 32.1. The molecule has 1 saturated heterocycles. The average molecular weight is 563 g/mol. The Bertz CT molecular complexity index is 818. The fourth-order valence-corrected chi connectivity index (χ4v) is 3.80. The number of thiocarbonyl (C=S) groups is 2. The van der Waals surface area contributed by atoms with E-state index in [2.05, 4.69) is 21.3 Å². The number of ether oxygens (including phenoxy) is 4. The van der Waals surface area contributed by atoms with Gasteiger partial charge in [-0.25, -0.2) is 0 Å². The minimum Gasteiger partial charge on any atom is -0.394 e. The summed E-state index contributed by atoms with van der Waals surface area (Å²) in [7, 11) is 0. The van der Waals surface area contributed by atoms with Crippen LogP contribution in [0.25, 0.3) is 0 Å². The second-order valence-corrected chi connectivity index (χ2v) is 9.32. The van der Waals surface area contributed by atoms with Crippen molar-refractivity contribution in [3.8, 4) is 0 Å². The fraction of sp³-hybridized carbons (Fsp3) is 0.652. The molecule has 5 atom stereocenters. The molecule has 0 spiro atoms. The molecule has 37 heavy (non-hydrogen) atoms. The van der Waals surface area contributed by atoms with E-state index in [1.165, 1.54) is 0 Å². The summed E-state index contributed by atoms with van der Waals surface area (Å²) in [6.45, 7) is 5.46. The van der Waals surface area contributed by atoms with Crippen LogP contribution in [0.1, 0.15) is 13.8 Å². The Labute approximate surface area is 227 Å². The maximum atomic E-state index is 9.90. The van der Waals surface area contributed by atoms with Crippen LogP contribution in [0.5, 0.6) is 0 Å². The zero-order valence-electron chi connectivity index (χ0n) is 21.0. The number of rotatable bonds is 14. The van der Waals surface area contributed by atoms with Crippen LogP contribution in [0, 0.1) is 0 Å². The van der Waals surface area contributed by atoms with Gasteiger partial charge in [-0.2, -0.15) is 0 Å². The average Bonchev–Trinajstić information content (AvgIpc) is 2.85. The lowest BCUT2D eigenvalue weighted by Gasteiger charge is -2.39. The van der Waals surface area contributed by atoms with Crippen molar-refractivity contribution in [2.75, 3.05) is 56.8 Å². The molecule has 8 N–H and O–H groups in total. The van der Waals surface area contributed by atoms with Crippen molar-refractivity contribution in [1.82, 2.24) is 10.6 Å². The lowest BCUT2D eigenvalue weighted by Crippen LogP contribution is -2.59. The minimum absolute atomic E-state index is 0.0861. The first-order chi connectivity index (χ1) is 17.7. The van der Waals surface area contributed by atoms with Crippen molar-refractivity contribution in [1.29, 1.82) is 0 Å². The van der Waals surface area contributed by atoms with Crippen LogP contribution >= 0.6 is 24.4 Å². The van der Waals surface area contributed by atoms with E-state index < -0.39 is 37.3 Å². The predicted molar refractivity (Wildman–Crippen MR) is 147 cm³/mol. The van der Waals surface area contributed by atoms with Gasteiger partial charge in [0.05, 0.1) is 39.6 Å². The van der Waals surface area contributed by atoms with E-state index in [0.717, 1.165) is 11.4 Å². The van der Waals surface area contributed by atoms with E-state index >= 15 is 0 Å². The zero-order valence-corrected chi connectivity index (χ0v) is 22.6. The number of hydrogen-bond acceptors (Lipinski definition) is 10. The standard InChI is InChI=1S/C23H38N4O8S2/c1-14(2)25-23(37)27-16-5-3-15(4-6-16)26-22(36)24-7-8-32-9-10-33-11-12-34-21-20(31)19(30)18(29)17(13-28)35-21/h3-6,14,17-21,28-31H,7-13H2,1-2H3,(H2,24,26,36)(H2,25,27,37)/t17?,18-,19?,20?,21+/m1/s1. The summed E-state index contributed by atoms with van der Waals surface area (Å²) in [4.78, 5) is 0. The Morgan fingerprint density at radius 1 is 0.865 bits per heavy atom. The van der Waals surface area contributed by atoms with E-state index in [4.69, 9.17) is 48.5 Å². The maximum Gasteiger partial charge on any atom is 0.186 e. The summed E-state index contributed by atoms with van der Waals surface area (Å²) in [5.41, 5.74) is 1.71. The number of benzene rings is 1. The van der Waals surface area contributed by atoms with Gasteiger partial charge in [0.15, 0.2) is 16.5 Å². The van der Waals surface area contributed by atoms with Gasteiger partial charge >= 0.3 is 0 Å². The number of hydrogen-bond donors (Lipinski definition) is 8. The summed E-state index contributed by atoms with van der Waals surface area (Å²) in [6.07, 6.45) is -6.49. The molecule has 1 fully saturated rings. The molecular formula is C23H38N4O8S2. The highest BCUT2D eigenvalue weighted by molar-refractivity contribution is 7.80. The molecule has 1 heterocycles. The summed E-state index contributed by atoms with van der Waals surface area (Å²) in [5.74, 6) is 0. The first-order valence-corrected chi connectivity index (χ1v) is 12.8. The van der Waals surface area contributed by atoms with Crippen molar-refractivity contribution in [3.05, 3.63) is 24.3 Å². The highest BCUT2D eigenvalue weighted by Crippen LogP contribution is 2.21. The topological polar surface area (TPSA) is 166 Å². The van der Waals surface area contributed by atoms with Crippen molar-refractivity contribution in [3.63, 3.8) is 0 Å². The number of nitrogens with one attached hydrogen (secondary N) is 4. The smallest absolute Gasteiger partial charge is 0.186 e. The highest BCUT2D eigenvalue weighted by Gasteiger charge is 2.43. The second kappa shape index (κ2) is 17.0. The minimum atomic E-state index is -1.47. The molecule has 2 rings (SSSR count). The van der Waals surface area contributed by atoms with Gasteiger partial charge < -0.3 is 60.6 Å². The summed E-state index contributed by atoms with van der Waals surface area (Å²) in [5, 5.41) is 52.0. The Morgan fingerprint density at radius 2 is 1.43 bits per heavy atom. The monoisotopic (exact) mass is 562 g/mol. The third kappa shape index (κ3) is 11.7. The normalized spacial score (nSPS) is 23.5. The van der Waals surface area contributed by atoms with Crippen LogP contribution in [0.4, 0.5) is 11.4 Å². The Hall–Kier alpha value is -1.72. The van der Waals surface area contributed by atoms with Crippen LogP contribution in [0.2, 0.25) is 0 Å². The van der Waals surface area contributed by atoms with Gasteiger partial charge in [0, 0.05) is 24.0 Å². The third-order valence-corrected chi connectivity index (χ3v) is 5.55. The SMILES string of the molecule is CC(C)NC(=S)Nc1ccc(NC(=S)NCCOCCOCCO[C@H]2OC(CO)[C@@H](O)C(O)C2O)cc1. The van der Waals surface area contributed by atoms with E-state index in [1.807, 2.05) is 38.1 Å². The Morgan fingerprint density at radius 3 is 2.03 bits per heavy atom. The van der Waals surface area contributed by atoms with E-state index in [1.54, 1.807) is 0 Å². The largest absolute Gasteiger partial charge is 0.394 e. The van der Waals surface area contributed by atoms with Crippen LogP contribution < -0.4 is 21.3 Å². The van der Waals surface area contributed by atoms with Gasteiger partial charge in [-0.1, -0.05) is 0 Å². The van der Waals surface area contributed by atoms with Crippen LogP contribution in [0.15, 0.2) is 24.3 Å². The lowest BCUT2D eigenvalue weighted by molar-refractivity contribution is -0.302. The van der Waals surface area contributed by atoms with Gasteiger partial charge in [-0.05, 0) is 62.5 Å². The first-order valence-electron chi connectivity index (χ1n) is 12.0. The van der Waals surface area contributed by atoms with Crippen molar-refractivity contribution < 1.29 is 39.4 Å². The molecular weight excluding hydrogens is 524 g/mol. The predicted octanol–water partition coefficient (Wildman–Crippen LogP) is -0.482. The molecule has 1 aromatic carbocycles. The summed E-state index contributed by atoms with van der Waals surface area (Å²) >= 11 is 10.5. The van der Waals surface area contributed by atoms with Crippen molar-refractivity contribution >= 4 is 46.0 Å². The lowest BCUT2D eigenvalue weighted by atomic mass is 9.99. The van der Waals surface area contributed by atoms with Crippen molar-refractivity contribution in [2.24, 2.45) is 0 Å². The molecule has 0 amide bonds. The van der Waals surface area contributed by atoms with Gasteiger partial charge in [0.25, 0.3) is 0 Å². The van der Waals surface area contributed by atoms with Crippen LogP contribution in [-0.4, -0.2) is 114 Å². The molecule has 14 heteroatoms. The van der Waals surface area contributed by atoms with Crippen molar-refractivity contribution in [2.45, 2.75) is 50.6 Å². The molecule has 12 nitrogen and oxygen atoms in total. The number of anilines is 2. The Kier molecular flexibility index (Phi) is 14.5. The molecule has 1 aliphatic rings. The van der Waals surface area contributed by atoms with E-state index in [-0.39, 0.29) is 19.3 Å². The maximum absolute atomic E-state index is 9.90. The molecule has 0 radical (unpaired) electrons. The molecule has 1 aliphatic heterocycles. The number of aliphatic hydroxyl groups is 4. The molecule has 0 saturated carbocycles. The third-order valence-electron chi connectivity index (χ3n) is 5.08. The van der Waals surface area contributed by atoms with E-state index in [0.29, 0.717) is 36.6 Å². The molecule has 0 bridgehead atoms. The van der Waals surface area contributed by atoms with Gasteiger partial charge in [-0.3, -0.25) is 0 Å². The summed E-state index contributed by atoms with van der Waals surface area (Å²) < 4.78 is 21.5. The number of aliphatic hydroxyl groups excluding tert-OH is 4. The zero-order chi connectivity index (χ0) is 27.2. The molecule has 1 aromatic rings. The second-order valence-electron chi connectivity index (χ2n) is 8.50. The molecule has 210 valence electrons. The molecule has 0 aromatic heterocycles. The van der Waals surface area contributed by atoms with Crippen LogP contribution in [-0.2, 0) is 18.9 Å². The van der Waals surface area contributed by atoms with Gasteiger partial charge in [0.1, 0.15) is 24.4 Å². The summed E-state index contributed by atoms with van der Waals surface area (Å²) in [6, 6.07) is 7.84. The quantitative estimate of drug-likeness (QED) is 0.108. The van der Waals surface area contributed by atoms with Crippen LogP contribution in [0.3, 0.4) is 0 Å². The fourth-order valence-electron chi connectivity index (χ4n) is 3.23. The molecule has 3 unspecified atom stereocenters. The van der Waals surface area contributed by atoms with Gasteiger partial charge in [-0.15, -0.1) is 0 Å². The van der Waals surface area contributed by atoms with E-state index in [9.17, 15) is 15.3 Å². The Balaban J connectivity index is 1.48. The van der Waals surface area contributed by atoms with Gasteiger partial charge in [0.2, 0.25) is 0 Å². The first kappa shape index (κ1) is 31.5.